The topological polar surface area (TPSA) is 74.7 Å². The standard InChI is InChI=1S/C25H23F3N4O3/c26-25(27,28)19-8-10-20(11-9-19)29-22(33)17-32-12-4-7-21(32)24(35)31-15-13-30(14-16-31)23(34)18-5-2-1-3-6-18/h1-12H,13-17H2,(H,29,33). The van der Waals surface area contributed by atoms with Crippen LogP contribution in [0.1, 0.15) is 26.4 Å². The van der Waals surface area contributed by atoms with Gasteiger partial charge in [0.25, 0.3) is 11.8 Å². The number of nitrogens with one attached hydrogen (secondary N) is 1. The Kier molecular flexibility index (Phi) is 6.90. The molecular weight excluding hydrogens is 461 g/mol. The Morgan fingerprint density at radius 2 is 1.37 bits per heavy atom. The zero-order chi connectivity index (χ0) is 25.0. The first-order valence-electron chi connectivity index (χ1n) is 11.0. The lowest BCUT2D eigenvalue weighted by Gasteiger charge is -2.35. The number of amides is 3. The summed E-state index contributed by atoms with van der Waals surface area (Å²) in [6.45, 7) is 1.34. The van der Waals surface area contributed by atoms with Crippen molar-refractivity contribution in [3.63, 3.8) is 0 Å². The van der Waals surface area contributed by atoms with Gasteiger partial charge in [-0.05, 0) is 48.5 Å². The molecule has 0 unspecified atom stereocenters. The van der Waals surface area contributed by atoms with Crippen LogP contribution in [0, 0.1) is 0 Å². The second-order valence-corrected chi connectivity index (χ2v) is 8.10. The largest absolute Gasteiger partial charge is 0.416 e. The quantitative estimate of drug-likeness (QED) is 0.600. The van der Waals surface area contributed by atoms with E-state index in [1.54, 1.807) is 52.4 Å². The maximum Gasteiger partial charge on any atom is 0.416 e. The molecule has 0 atom stereocenters. The molecule has 182 valence electrons. The minimum atomic E-state index is -4.46. The molecule has 2 aromatic carbocycles. The summed E-state index contributed by atoms with van der Waals surface area (Å²) >= 11 is 0. The summed E-state index contributed by atoms with van der Waals surface area (Å²) < 4.78 is 39.6. The summed E-state index contributed by atoms with van der Waals surface area (Å²) in [4.78, 5) is 41.5. The first kappa shape index (κ1) is 24.1. The van der Waals surface area contributed by atoms with Crippen LogP contribution in [-0.2, 0) is 17.5 Å². The Morgan fingerprint density at radius 1 is 0.771 bits per heavy atom. The van der Waals surface area contributed by atoms with E-state index in [0.29, 0.717) is 37.4 Å². The molecule has 4 rings (SSSR count). The molecule has 1 aliphatic heterocycles. The van der Waals surface area contributed by atoms with Gasteiger partial charge < -0.3 is 19.7 Å². The molecule has 3 amide bonds. The van der Waals surface area contributed by atoms with Crippen LogP contribution in [0.25, 0.3) is 0 Å². The Morgan fingerprint density at radius 3 is 1.97 bits per heavy atom. The fourth-order valence-electron chi connectivity index (χ4n) is 3.88. The van der Waals surface area contributed by atoms with Crippen LogP contribution in [0.4, 0.5) is 18.9 Å². The molecule has 3 aromatic rings. The molecule has 0 aliphatic carbocycles. The third-order valence-corrected chi connectivity index (χ3v) is 5.73. The molecular formula is C25H23F3N4O3. The van der Waals surface area contributed by atoms with Gasteiger partial charge >= 0.3 is 6.18 Å². The van der Waals surface area contributed by atoms with Crippen LogP contribution in [0.3, 0.4) is 0 Å². The van der Waals surface area contributed by atoms with Crippen LogP contribution >= 0.6 is 0 Å². The molecule has 10 heteroatoms. The van der Waals surface area contributed by atoms with Crippen LogP contribution in [0.15, 0.2) is 72.9 Å². The van der Waals surface area contributed by atoms with E-state index in [4.69, 9.17) is 0 Å². The molecule has 2 heterocycles. The molecule has 7 nitrogen and oxygen atoms in total. The molecule has 0 saturated carbocycles. The van der Waals surface area contributed by atoms with Crippen molar-refractivity contribution >= 4 is 23.4 Å². The molecule has 1 fully saturated rings. The molecule has 1 aliphatic rings. The number of piperazine rings is 1. The van der Waals surface area contributed by atoms with Gasteiger partial charge in [-0.2, -0.15) is 13.2 Å². The lowest BCUT2D eigenvalue weighted by Crippen LogP contribution is -2.51. The number of benzene rings is 2. The predicted molar refractivity (Wildman–Crippen MR) is 123 cm³/mol. The number of anilines is 1. The Balaban J connectivity index is 1.33. The highest BCUT2D eigenvalue weighted by Crippen LogP contribution is 2.29. The smallest absolute Gasteiger partial charge is 0.335 e. The van der Waals surface area contributed by atoms with Gasteiger partial charge in [0.2, 0.25) is 5.91 Å². The van der Waals surface area contributed by atoms with Gasteiger partial charge in [-0.3, -0.25) is 14.4 Å². The van der Waals surface area contributed by atoms with Gasteiger partial charge in [-0.25, -0.2) is 0 Å². The van der Waals surface area contributed by atoms with E-state index < -0.39 is 17.6 Å². The maximum atomic E-state index is 13.1. The number of halogens is 3. The van der Waals surface area contributed by atoms with Crippen molar-refractivity contribution in [1.82, 2.24) is 14.4 Å². The number of alkyl halides is 3. The van der Waals surface area contributed by atoms with Crippen LogP contribution in [-0.4, -0.2) is 58.3 Å². The number of nitrogens with zero attached hydrogens (tertiary/aromatic N) is 3. The minimum Gasteiger partial charge on any atom is -0.335 e. The first-order chi connectivity index (χ1) is 16.7. The summed E-state index contributed by atoms with van der Waals surface area (Å²) in [6.07, 6.45) is -2.86. The second-order valence-electron chi connectivity index (χ2n) is 8.10. The fraction of sp³-hybridized carbons (Fsp3) is 0.240. The summed E-state index contributed by atoms with van der Waals surface area (Å²) in [6, 6.07) is 16.3. The second kappa shape index (κ2) is 10.0. The number of rotatable bonds is 5. The number of carbonyl (C=O) groups excluding carboxylic acids is 3. The normalized spacial score (nSPS) is 14.0. The minimum absolute atomic E-state index is 0.0824. The molecule has 1 aromatic heterocycles. The SMILES string of the molecule is O=C(Cn1cccc1C(=O)N1CCN(C(=O)c2ccccc2)CC1)Nc1ccc(C(F)(F)F)cc1. The van der Waals surface area contributed by atoms with E-state index in [1.165, 1.54) is 16.7 Å². The molecule has 1 saturated heterocycles. The zero-order valence-electron chi connectivity index (χ0n) is 18.7. The van der Waals surface area contributed by atoms with Gasteiger partial charge in [0.15, 0.2) is 0 Å². The van der Waals surface area contributed by atoms with E-state index in [2.05, 4.69) is 5.32 Å². The molecule has 0 bridgehead atoms. The van der Waals surface area contributed by atoms with Crippen molar-refractivity contribution in [1.29, 1.82) is 0 Å². The van der Waals surface area contributed by atoms with Crippen LogP contribution in [0.5, 0.6) is 0 Å². The monoisotopic (exact) mass is 484 g/mol. The third kappa shape index (κ3) is 5.71. The van der Waals surface area contributed by atoms with Crippen molar-refractivity contribution in [2.45, 2.75) is 12.7 Å². The number of carbonyl (C=O) groups is 3. The molecule has 35 heavy (non-hydrogen) atoms. The Bertz CT molecular complexity index is 1200. The van der Waals surface area contributed by atoms with E-state index in [-0.39, 0.29) is 24.0 Å². The zero-order valence-corrected chi connectivity index (χ0v) is 18.7. The first-order valence-corrected chi connectivity index (χ1v) is 11.0. The van der Waals surface area contributed by atoms with Crippen molar-refractivity contribution in [2.24, 2.45) is 0 Å². The van der Waals surface area contributed by atoms with Gasteiger partial charge in [-0.15, -0.1) is 0 Å². The van der Waals surface area contributed by atoms with Gasteiger partial charge in [0, 0.05) is 43.6 Å². The highest BCUT2D eigenvalue weighted by Gasteiger charge is 2.30. The Labute approximate surface area is 199 Å². The number of hydrogen-bond acceptors (Lipinski definition) is 3. The third-order valence-electron chi connectivity index (χ3n) is 5.73. The number of hydrogen-bond donors (Lipinski definition) is 1. The lowest BCUT2D eigenvalue weighted by molar-refractivity contribution is -0.137. The van der Waals surface area contributed by atoms with Gasteiger partial charge in [0.1, 0.15) is 12.2 Å². The maximum absolute atomic E-state index is 13.1. The van der Waals surface area contributed by atoms with E-state index in [1.807, 2.05) is 6.07 Å². The fourth-order valence-corrected chi connectivity index (χ4v) is 3.88. The summed E-state index contributed by atoms with van der Waals surface area (Å²) in [7, 11) is 0. The van der Waals surface area contributed by atoms with Gasteiger partial charge in [-0.1, -0.05) is 18.2 Å². The molecule has 0 spiro atoms. The van der Waals surface area contributed by atoms with E-state index in [9.17, 15) is 27.6 Å². The van der Waals surface area contributed by atoms with Crippen LogP contribution < -0.4 is 5.32 Å². The average Bonchev–Trinajstić information content (AvgIpc) is 3.31. The van der Waals surface area contributed by atoms with Crippen molar-refractivity contribution in [3.8, 4) is 0 Å². The van der Waals surface area contributed by atoms with E-state index >= 15 is 0 Å². The molecule has 0 radical (unpaired) electrons. The van der Waals surface area contributed by atoms with Crippen molar-refractivity contribution in [3.05, 3.63) is 89.7 Å². The van der Waals surface area contributed by atoms with Crippen molar-refractivity contribution < 1.29 is 27.6 Å². The van der Waals surface area contributed by atoms with Crippen LogP contribution in [0.2, 0.25) is 0 Å². The predicted octanol–water partition coefficient (Wildman–Crippen LogP) is 3.74. The summed E-state index contributed by atoms with van der Waals surface area (Å²) in [5.74, 6) is -0.821. The summed E-state index contributed by atoms with van der Waals surface area (Å²) in [5, 5.41) is 2.54. The lowest BCUT2D eigenvalue weighted by atomic mass is 10.2. The van der Waals surface area contributed by atoms with E-state index in [0.717, 1.165) is 12.1 Å². The molecule has 1 N–H and O–H groups in total. The van der Waals surface area contributed by atoms with Crippen molar-refractivity contribution in [2.75, 3.05) is 31.5 Å². The van der Waals surface area contributed by atoms with Gasteiger partial charge in [0.05, 0.1) is 5.56 Å². The summed E-state index contributed by atoms with van der Waals surface area (Å²) in [5.41, 5.74) is 0.331. The Hall–Kier alpha value is -4.08. The highest BCUT2D eigenvalue weighted by molar-refractivity contribution is 5.96. The number of aromatic nitrogens is 1. The average molecular weight is 484 g/mol. The highest BCUT2D eigenvalue weighted by atomic mass is 19.4.